The zero-order valence-corrected chi connectivity index (χ0v) is 12.0. The molecule has 0 amide bonds. The van der Waals surface area contributed by atoms with Gasteiger partial charge in [-0.2, -0.15) is 0 Å². The number of nitrogens with one attached hydrogen (secondary N) is 1. The first-order valence-electron chi connectivity index (χ1n) is 6.62. The summed E-state index contributed by atoms with van der Waals surface area (Å²) in [4.78, 5) is 15.5. The van der Waals surface area contributed by atoms with Crippen LogP contribution in [0.2, 0.25) is 0 Å². The van der Waals surface area contributed by atoms with Crippen molar-refractivity contribution in [3.05, 3.63) is 65.2 Å². The molecule has 0 aliphatic heterocycles. The first-order chi connectivity index (χ1) is 10.1. The number of esters is 1. The van der Waals surface area contributed by atoms with E-state index in [1.54, 1.807) is 18.2 Å². The Kier molecular flexibility index (Phi) is 5.00. The summed E-state index contributed by atoms with van der Waals surface area (Å²) in [5.41, 5.74) is 2.09. The number of aromatic nitrogens is 1. The molecule has 0 aliphatic rings. The van der Waals surface area contributed by atoms with E-state index in [2.05, 4.69) is 15.0 Å². The van der Waals surface area contributed by atoms with Gasteiger partial charge in [0.15, 0.2) is 0 Å². The molecule has 2 aromatic rings. The Bertz CT molecular complexity index is 614. The van der Waals surface area contributed by atoms with E-state index in [1.165, 1.54) is 25.4 Å². The Morgan fingerprint density at radius 1 is 1.38 bits per heavy atom. The summed E-state index contributed by atoms with van der Waals surface area (Å²) in [6.07, 6.45) is 1.48. The van der Waals surface area contributed by atoms with Gasteiger partial charge in [0, 0.05) is 18.8 Å². The van der Waals surface area contributed by atoms with Crippen LogP contribution < -0.4 is 5.32 Å². The van der Waals surface area contributed by atoms with E-state index < -0.39 is 5.97 Å². The zero-order chi connectivity index (χ0) is 15.2. The standard InChI is InChI=1S/C16H17FN2O2/c1-11(12-4-3-5-14(17)8-12)18-10-15-7-6-13(9-19-15)16(20)21-2/h3-9,11,18H,10H2,1-2H3/t11-/m0/s1. The van der Waals surface area contributed by atoms with E-state index in [9.17, 15) is 9.18 Å². The van der Waals surface area contributed by atoms with Crippen LogP contribution in [0, 0.1) is 5.82 Å². The number of ether oxygens (including phenoxy) is 1. The molecule has 1 atom stereocenters. The maximum Gasteiger partial charge on any atom is 0.339 e. The average molecular weight is 288 g/mol. The quantitative estimate of drug-likeness (QED) is 0.860. The van der Waals surface area contributed by atoms with Crippen LogP contribution in [-0.4, -0.2) is 18.1 Å². The highest BCUT2D eigenvalue weighted by Crippen LogP contribution is 2.14. The van der Waals surface area contributed by atoms with Crippen molar-refractivity contribution in [2.45, 2.75) is 19.5 Å². The topological polar surface area (TPSA) is 51.2 Å². The first kappa shape index (κ1) is 15.1. The minimum atomic E-state index is -0.407. The Hall–Kier alpha value is -2.27. The highest BCUT2D eigenvalue weighted by atomic mass is 19.1. The molecule has 110 valence electrons. The third-order valence-corrected chi connectivity index (χ3v) is 3.18. The molecular formula is C16H17FN2O2. The minimum Gasteiger partial charge on any atom is -0.465 e. The Morgan fingerprint density at radius 3 is 2.81 bits per heavy atom. The van der Waals surface area contributed by atoms with Crippen LogP contribution in [0.4, 0.5) is 4.39 Å². The summed E-state index contributed by atoms with van der Waals surface area (Å²) < 4.78 is 17.8. The van der Waals surface area contributed by atoms with E-state index in [0.29, 0.717) is 12.1 Å². The van der Waals surface area contributed by atoms with Gasteiger partial charge in [-0.1, -0.05) is 12.1 Å². The van der Waals surface area contributed by atoms with E-state index >= 15 is 0 Å². The van der Waals surface area contributed by atoms with Crippen molar-refractivity contribution < 1.29 is 13.9 Å². The molecule has 2 rings (SSSR count). The lowest BCUT2D eigenvalue weighted by molar-refractivity contribution is 0.0600. The molecule has 0 saturated carbocycles. The van der Waals surface area contributed by atoms with Gasteiger partial charge in [0.05, 0.1) is 18.4 Å². The van der Waals surface area contributed by atoms with Gasteiger partial charge in [-0.15, -0.1) is 0 Å². The molecule has 0 fully saturated rings. The maximum absolute atomic E-state index is 13.2. The molecule has 0 spiro atoms. The number of carbonyl (C=O) groups excluding carboxylic acids is 1. The van der Waals surface area contributed by atoms with Crippen LogP contribution in [0.1, 0.15) is 34.6 Å². The molecule has 0 radical (unpaired) electrons. The van der Waals surface area contributed by atoms with Gasteiger partial charge < -0.3 is 10.1 Å². The number of carbonyl (C=O) groups is 1. The molecule has 0 bridgehead atoms. The molecule has 0 saturated heterocycles. The number of pyridine rings is 1. The lowest BCUT2D eigenvalue weighted by atomic mass is 10.1. The predicted octanol–water partition coefficient (Wildman–Crippen LogP) is 2.86. The summed E-state index contributed by atoms with van der Waals surface area (Å²) in [5.74, 6) is -0.656. The number of halogens is 1. The third-order valence-electron chi connectivity index (χ3n) is 3.18. The molecule has 5 heteroatoms. The lowest BCUT2D eigenvalue weighted by Gasteiger charge is -2.14. The van der Waals surface area contributed by atoms with Crippen molar-refractivity contribution >= 4 is 5.97 Å². The Balaban J connectivity index is 1.95. The minimum absolute atomic E-state index is 0.00258. The first-order valence-corrected chi connectivity index (χ1v) is 6.62. The molecule has 1 aromatic carbocycles. The number of benzene rings is 1. The molecule has 1 N–H and O–H groups in total. The molecule has 21 heavy (non-hydrogen) atoms. The van der Waals surface area contributed by atoms with Crippen LogP contribution >= 0.6 is 0 Å². The maximum atomic E-state index is 13.2. The zero-order valence-electron chi connectivity index (χ0n) is 12.0. The SMILES string of the molecule is COC(=O)c1ccc(CN[C@@H](C)c2cccc(F)c2)nc1. The van der Waals surface area contributed by atoms with Crippen LogP contribution in [0.15, 0.2) is 42.6 Å². The van der Waals surface area contributed by atoms with Gasteiger partial charge in [0.25, 0.3) is 0 Å². The number of nitrogens with zero attached hydrogens (tertiary/aromatic N) is 1. The Labute approximate surface area is 123 Å². The lowest BCUT2D eigenvalue weighted by Crippen LogP contribution is -2.19. The fourth-order valence-corrected chi connectivity index (χ4v) is 1.92. The predicted molar refractivity (Wildman–Crippen MR) is 77.2 cm³/mol. The van der Waals surface area contributed by atoms with Gasteiger partial charge in [0.2, 0.25) is 0 Å². The highest BCUT2D eigenvalue weighted by molar-refractivity contribution is 5.88. The Morgan fingerprint density at radius 2 is 2.19 bits per heavy atom. The van der Waals surface area contributed by atoms with E-state index in [4.69, 9.17) is 0 Å². The van der Waals surface area contributed by atoms with E-state index in [1.807, 2.05) is 13.0 Å². The molecule has 4 nitrogen and oxygen atoms in total. The summed E-state index contributed by atoms with van der Waals surface area (Å²) in [6.45, 7) is 2.48. The van der Waals surface area contributed by atoms with Gasteiger partial charge >= 0.3 is 5.97 Å². The van der Waals surface area contributed by atoms with Crippen molar-refractivity contribution in [3.63, 3.8) is 0 Å². The fourth-order valence-electron chi connectivity index (χ4n) is 1.92. The van der Waals surface area contributed by atoms with Gasteiger partial charge in [-0.05, 0) is 36.8 Å². The monoisotopic (exact) mass is 288 g/mol. The largest absolute Gasteiger partial charge is 0.465 e. The van der Waals surface area contributed by atoms with Crippen LogP contribution in [0.3, 0.4) is 0 Å². The molecule has 1 aromatic heterocycles. The van der Waals surface area contributed by atoms with Crippen LogP contribution in [0.5, 0.6) is 0 Å². The van der Waals surface area contributed by atoms with Crippen LogP contribution in [0.25, 0.3) is 0 Å². The summed E-state index contributed by atoms with van der Waals surface area (Å²) in [7, 11) is 1.33. The highest BCUT2D eigenvalue weighted by Gasteiger charge is 2.08. The van der Waals surface area contributed by atoms with Gasteiger partial charge in [-0.3, -0.25) is 4.98 Å². The van der Waals surface area contributed by atoms with E-state index in [0.717, 1.165) is 11.3 Å². The van der Waals surface area contributed by atoms with Crippen molar-refractivity contribution in [1.82, 2.24) is 10.3 Å². The van der Waals surface area contributed by atoms with Crippen molar-refractivity contribution in [2.24, 2.45) is 0 Å². The number of rotatable bonds is 5. The van der Waals surface area contributed by atoms with Crippen molar-refractivity contribution in [3.8, 4) is 0 Å². The number of hydrogen-bond donors (Lipinski definition) is 1. The normalized spacial score (nSPS) is 12.0. The number of methoxy groups -OCH3 is 1. The smallest absolute Gasteiger partial charge is 0.339 e. The second-order valence-corrected chi connectivity index (χ2v) is 4.69. The summed E-state index contributed by atoms with van der Waals surface area (Å²) in [6, 6.07) is 9.92. The average Bonchev–Trinajstić information content (AvgIpc) is 2.52. The van der Waals surface area contributed by atoms with E-state index in [-0.39, 0.29) is 11.9 Å². The van der Waals surface area contributed by atoms with Crippen molar-refractivity contribution in [2.75, 3.05) is 7.11 Å². The summed E-state index contributed by atoms with van der Waals surface area (Å²) in [5, 5.41) is 3.26. The second-order valence-electron chi connectivity index (χ2n) is 4.69. The molecule has 0 unspecified atom stereocenters. The fraction of sp³-hybridized carbons (Fsp3) is 0.250. The summed E-state index contributed by atoms with van der Waals surface area (Å²) >= 11 is 0. The van der Waals surface area contributed by atoms with Gasteiger partial charge in [0.1, 0.15) is 5.82 Å². The van der Waals surface area contributed by atoms with Crippen LogP contribution in [-0.2, 0) is 11.3 Å². The number of hydrogen-bond acceptors (Lipinski definition) is 4. The molecule has 1 heterocycles. The molecule has 0 aliphatic carbocycles. The van der Waals surface area contributed by atoms with Crippen molar-refractivity contribution in [1.29, 1.82) is 0 Å². The third kappa shape index (κ3) is 4.10. The molecular weight excluding hydrogens is 271 g/mol. The second kappa shape index (κ2) is 6.95. The van der Waals surface area contributed by atoms with Gasteiger partial charge in [-0.25, -0.2) is 9.18 Å².